The van der Waals surface area contributed by atoms with Crippen LogP contribution in [-0.2, 0) is 0 Å². The van der Waals surface area contributed by atoms with Crippen molar-refractivity contribution in [3.8, 4) is 0 Å². The molecule has 3 rings (SSSR count). The highest BCUT2D eigenvalue weighted by molar-refractivity contribution is 6.58. The van der Waals surface area contributed by atoms with Crippen LogP contribution in [0.3, 0.4) is 0 Å². The number of anilines is 1. The molecule has 2 aromatic heterocycles. The van der Waals surface area contributed by atoms with Crippen molar-refractivity contribution in [2.24, 2.45) is 0 Å². The van der Waals surface area contributed by atoms with Crippen molar-refractivity contribution in [3.63, 3.8) is 0 Å². The Bertz CT molecular complexity index is 534. The van der Waals surface area contributed by atoms with Crippen LogP contribution in [0.5, 0.6) is 0 Å². The third-order valence-electron chi connectivity index (χ3n) is 3.48. The van der Waals surface area contributed by atoms with E-state index in [1.807, 2.05) is 18.3 Å². The molecule has 0 aromatic carbocycles. The van der Waals surface area contributed by atoms with Gasteiger partial charge in [0.25, 0.3) is 0 Å². The molecular weight excluding hydrogens is 279 g/mol. The van der Waals surface area contributed by atoms with Crippen molar-refractivity contribution in [2.75, 3.05) is 38.1 Å². The third-order valence-corrected chi connectivity index (χ3v) is 3.48. The minimum atomic E-state index is -1.38. The molecule has 2 N–H and O–H groups in total. The van der Waals surface area contributed by atoms with Crippen molar-refractivity contribution in [2.45, 2.75) is 0 Å². The molecule has 22 heavy (non-hydrogen) atoms. The second-order valence-corrected chi connectivity index (χ2v) is 5.13. The smallest absolute Gasteiger partial charge is 0.423 e. The van der Waals surface area contributed by atoms with Gasteiger partial charge in [0.2, 0.25) is 0 Å². The first-order valence-corrected chi connectivity index (χ1v) is 7.27. The van der Waals surface area contributed by atoms with Gasteiger partial charge in [-0.05, 0) is 36.8 Å². The summed E-state index contributed by atoms with van der Waals surface area (Å²) in [4.78, 5) is 12.7. The van der Waals surface area contributed by atoms with Crippen LogP contribution in [0.1, 0.15) is 0 Å². The van der Waals surface area contributed by atoms with Gasteiger partial charge in [-0.15, -0.1) is 0 Å². The fraction of sp³-hybridized carbons (Fsp3) is 0.333. The number of hydrogen-bond acceptors (Lipinski definition) is 6. The lowest BCUT2D eigenvalue weighted by Crippen LogP contribution is -2.44. The van der Waals surface area contributed by atoms with Crippen LogP contribution >= 0.6 is 0 Å². The van der Waals surface area contributed by atoms with Gasteiger partial charge >= 0.3 is 7.12 Å². The Kier molecular flexibility index (Phi) is 6.33. The Morgan fingerprint density at radius 2 is 1.64 bits per heavy atom. The van der Waals surface area contributed by atoms with E-state index in [-0.39, 0.29) is 0 Å². The van der Waals surface area contributed by atoms with E-state index in [0.29, 0.717) is 5.46 Å². The number of likely N-dealkylation sites (N-methyl/N-ethyl adjacent to an activating group) is 1. The highest BCUT2D eigenvalue weighted by Crippen LogP contribution is 2.11. The van der Waals surface area contributed by atoms with E-state index >= 15 is 0 Å². The van der Waals surface area contributed by atoms with Gasteiger partial charge in [0, 0.05) is 44.8 Å². The van der Waals surface area contributed by atoms with Crippen molar-refractivity contribution in [1.29, 1.82) is 0 Å². The van der Waals surface area contributed by atoms with Crippen LogP contribution in [-0.4, -0.2) is 65.3 Å². The van der Waals surface area contributed by atoms with E-state index < -0.39 is 7.12 Å². The Hall–Kier alpha value is -1.96. The molecule has 0 radical (unpaired) electrons. The SMILES string of the molecule is CN1CCN(c2ccccn2)CC1.OB(O)c1ccncc1. The van der Waals surface area contributed by atoms with Gasteiger partial charge in [-0.25, -0.2) is 4.98 Å². The molecule has 2 aromatic rings. The summed E-state index contributed by atoms with van der Waals surface area (Å²) in [6.07, 6.45) is 4.87. The summed E-state index contributed by atoms with van der Waals surface area (Å²) in [5.41, 5.74) is 0.463. The first-order chi connectivity index (χ1) is 10.7. The number of aromatic nitrogens is 2. The molecule has 0 aliphatic carbocycles. The maximum absolute atomic E-state index is 8.55. The summed E-state index contributed by atoms with van der Waals surface area (Å²) in [6, 6.07) is 9.17. The first kappa shape index (κ1) is 16.4. The lowest BCUT2D eigenvalue weighted by molar-refractivity contribution is 0.312. The highest BCUT2D eigenvalue weighted by Gasteiger charge is 2.14. The van der Waals surface area contributed by atoms with Crippen LogP contribution < -0.4 is 10.4 Å². The van der Waals surface area contributed by atoms with Gasteiger partial charge in [-0.2, -0.15) is 0 Å². The number of rotatable bonds is 2. The van der Waals surface area contributed by atoms with E-state index in [1.165, 1.54) is 12.4 Å². The van der Waals surface area contributed by atoms with Crippen LogP contribution in [0.2, 0.25) is 0 Å². The van der Waals surface area contributed by atoms with Crippen LogP contribution in [0.15, 0.2) is 48.9 Å². The molecule has 0 saturated carbocycles. The molecule has 1 aliphatic rings. The average molecular weight is 300 g/mol. The molecule has 1 fully saturated rings. The van der Waals surface area contributed by atoms with Gasteiger partial charge < -0.3 is 19.8 Å². The summed E-state index contributed by atoms with van der Waals surface area (Å²) in [5.74, 6) is 1.11. The molecule has 0 atom stereocenters. The molecule has 0 spiro atoms. The topological polar surface area (TPSA) is 72.7 Å². The molecule has 1 saturated heterocycles. The summed E-state index contributed by atoms with van der Waals surface area (Å²) in [5, 5.41) is 17.1. The standard InChI is InChI=1S/C10H15N3.C5H6BNO2/c1-12-6-8-13(9-7-12)10-4-2-3-5-11-10;8-6(9)5-1-3-7-4-2-5/h2-5H,6-9H2,1H3;1-4,8-9H. The zero-order valence-corrected chi connectivity index (χ0v) is 12.7. The van der Waals surface area contributed by atoms with E-state index in [4.69, 9.17) is 10.0 Å². The molecule has 3 heterocycles. The lowest BCUT2D eigenvalue weighted by atomic mass is 9.81. The summed E-state index contributed by atoms with van der Waals surface area (Å²) in [6.45, 7) is 4.45. The minimum absolute atomic E-state index is 0.463. The van der Waals surface area contributed by atoms with E-state index in [1.54, 1.807) is 12.1 Å². The van der Waals surface area contributed by atoms with Crippen LogP contribution in [0, 0.1) is 0 Å². The largest absolute Gasteiger partial charge is 0.488 e. The maximum atomic E-state index is 8.55. The van der Waals surface area contributed by atoms with E-state index in [9.17, 15) is 0 Å². The monoisotopic (exact) mass is 300 g/mol. The summed E-state index contributed by atoms with van der Waals surface area (Å²) in [7, 11) is 0.781. The number of hydrogen-bond donors (Lipinski definition) is 2. The second kappa shape index (κ2) is 8.48. The summed E-state index contributed by atoms with van der Waals surface area (Å²) < 4.78 is 0. The zero-order chi connectivity index (χ0) is 15.8. The van der Waals surface area contributed by atoms with E-state index in [0.717, 1.165) is 32.0 Å². The number of nitrogens with zero attached hydrogens (tertiary/aromatic N) is 4. The van der Waals surface area contributed by atoms with Crippen LogP contribution in [0.25, 0.3) is 0 Å². The van der Waals surface area contributed by atoms with Gasteiger partial charge in [0.1, 0.15) is 5.82 Å². The molecule has 116 valence electrons. The van der Waals surface area contributed by atoms with Gasteiger partial charge in [-0.3, -0.25) is 4.98 Å². The molecule has 1 aliphatic heterocycles. The van der Waals surface area contributed by atoms with Crippen molar-refractivity contribution in [3.05, 3.63) is 48.9 Å². The van der Waals surface area contributed by atoms with Crippen molar-refractivity contribution in [1.82, 2.24) is 14.9 Å². The Labute approximate surface area is 131 Å². The van der Waals surface area contributed by atoms with E-state index in [2.05, 4.69) is 32.9 Å². The van der Waals surface area contributed by atoms with Gasteiger partial charge in [-0.1, -0.05) is 6.07 Å². The first-order valence-electron chi connectivity index (χ1n) is 7.27. The molecular formula is C15H21BN4O2. The van der Waals surface area contributed by atoms with Crippen LogP contribution in [0.4, 0.5) is 5.82 Å². The average Bonchev–Trinajstić information content (AvgIpc) is 2.58. The molecule has 6 nitrogen and oxygen atoms in total. The molecule has 0 unspecified atom stereocenters. The van der Waals surface area contributed by atoms with Gasteiger partial charge in [0.05, 0.1) is 0 Å². The normalized spacial score (nSPS) is 15.0. The maximum Gasteiger partial charge on any atom is 0.488 e. The lowest BCUT2D eigenvalue weighted by Gasteiger charge is -2.33. The van der Waals surface area contributed by atoms with Crippen molar-refractivity contribution >= 4 is 18.4 Å². The minimum Gasteiger partial charge on any atom is -0.423 e. The summed E-state index contributed by atoms with van der Waals surface area (Å²) >= 11 is 0. The predicted molar refractivity (Wildman–Crippen MR) is 88.0 cm³/mol. The quantitative estimate of drug-likeness (QED) is 0.735. The Morgan fingerprint density at radius 3 is 2.14 bits per heavy atom. The molecule has 0 bridgehead atoms. The molecule has 7 heteroatoms. The number of piperazine rings is 1. The Morgan fingerprint density at radius 1 is 0.955 bits per heavy atom. The Balaban J connectivity index is 0.000000172. The highest BCUT2D eigenvalue weighted by atomic mass is 16.4. The third kappa shape index (κ3) is 5.11. The van der Waals surface area contributed by atoms with Gasteiger partial charge in [0.15, 0.2) is 0 Å². The zero-order valence-electron chi connectivity index (χ0n) is 12.7. The predicted octanol–water partition coefficient (Wildman–Crippen LogP) is -0.405. The van der Waals surface area contributed by atoms with Crippen molar-refractivity contribution < 1.29 is 10.0 Å². The fourth-order valence-electron chi connectivity index (χ4n) is 2.11. The second-order valence-electron chi connectivity index (χ2n) is 5.13. The number of pyridine rings is 2. The fourth-order valence-corrected chi connectivity index (χ4v) is 2.11. The molecule has 0 amide bonds.